The molecule has 0 radical (unpaired) electrons. The standard InChI is InChI=1S/C23H26N4O2/c1-2-27(18-7-4-3-5-8-18)23(29)20-10-6-9-19(20)22(28)26-15-16-11-13-17(14-12-16)21(24)25/h3-5,7-8,10-14,19H,2,6,9,15H2,1H3,(H3,24,25)(H,26,28)/t19-/m1/s1. The lowest BCUT2D eigenvalue weighted by atomic mass is 9.98. The lowest BCUT2D eigenvalue weighted by Gasteiger charge is -2.24. The van der Waals surface area contributed by atoms with Crippen LogP contribution in [0.2, 0.25) is 0 Å². The Hall–Kier alpha value is -3.41. The molecule has 0 bridgehead atoms. The third-order valence-electron chi connectivity index (χ3n) is 5.12. The molecule has 6 heteroatoms. The zero-order valence-electron chi connectivity index (χ0n) is 16.5. The van der Waals surface area contributed by atoms with Crippen molar-refractivity contribution in [3.8, 4) is 0 Å². The molecule has 1 aliphatic rings. The molecule has 0 saturated carbocycles. The number of para-hydroxylation sites is 1. The van der Waals surface area contributed by atoms with Crippen molar-refractivity contribution < 1.29 is 9.59 Å². The average molecular weight is 390 g/mol. The molecule has 4 N–H and O–H groups in total. The summed E-state index contributed by atoms with van der Waals surface area (Å²) in [6.45, 7) is 2.84. The molecule has 3 rings (SSSR count). The van der Waals surface area contributed by atoms with E-state index in [4.69, 9.17) is 11.1 Å². The van der Waals surface area contributed by atoms with Crippen LogP contribution in [0.5, 0.6) is 0 Å². The first-order valence-corrected chi connectivity index (χ1v) is 9.79. The molecule has 0 spiro atoms. The van der Waals surface area contributed by atoms with Crippen molar-refractivity contribution in [2.75, 3.05) is 11.4 Å². The normalized spacial score (nSPS) is 15.5. The maximum Gasteiger partial charge on any atom is 0.254 e. The maximum atomic E-state index is 13.1. The van der Waals surface area contributed by atoms with E-state index in [9.17, 15) is 9.59 Å². The van der Waals surface area contributed by atoms with Crippen LogP contribution in [0.25, 0.3) is 0 Å². The molecule has 2 aromatic rings. The molecule has 0 unspecified atom stereocenters. The van der Waals surface area contributed by atoms with E-state index in [1.165, 1.54) is 0 Å². The Morgan fingerprint density at radius 1 is 1.14 bits per heavy atom. The Morgan fingerprint density at radius 2 is 1.83 bits per heavy atom. The fourth-order valence-electron chi connectivity index (χ4n) is 3.53. The lowest BCUT2D eigenvalue weighted by molar-refractivity contribution is -0.126. The summed E-state index contributed by atoms with van der Waals surface area (Å²) in [6, 6.07) is 16.7. The third-order valence-corrected chi connectivity index (χ3v) is 5.12. The highest BCUT2D eigenvalue weighted by Gasteiger charge is 2.33. The molecule has 0 aliphatic heterocycles. The number of allylic oxidation sites excluding steroid dienone is 1. The van der Waals surface area contributed by atoms with Gasteiger partial charge in [0.05, 0.1) is 5.92 Å². The first-order chi connectivity index (χ1) is 14.0. The van der Waals surface area contributed by atoms with Gasteiger partial charge in [-0.2, -0.15) is 0 Å². The smallest absolute Gasteiger partial charge is 0.254 e. The van der Waals surface area contributed by atoms with E-state index in [0.29, 0.717) is 30.6 Å². The highest BCUT2D eigenvalue weighted by molar-refractivity contribution is 6.09. The van der Waals surface area contributed by atoms with E-state index in [1.807, 2.05) is 55.5 Å². The van der Waals surface area contributed by atoms with Crippen molar-refractivity contribution in [2.45, 2.75) is 26.3 Å². The second-order valence-corrected chi connectivity index (χ2v) is 7.00. The number of carbonyl (C=O) groups excluding carboxylic acids is 2. The van der Waals surface area contributed by atoms with Crippen molar-refractivity contribution in [1.82, 2.24) is 5.32 Å². The lowest BCUT2D eigenvalue weighted by Crippen LogP contribution is -2.38. The number of nitrogens with zero attached hydrogens (tertiary/aromatic N) is 1. The van der Waals surface area contributed by atoms with Crippen molar-refractivity contribution in [3.63, 3.8) is 0 Å². The van der Waals surface area contributed by atoms with Crippen LogP contribution in [0.15, 0.2) is 66.2 Å². The number of benzene rings is 2. The van der Waals surface area contributed by atoms with Crippen LogP contribution in [0.1, 0.15) is 30.9 Å². The number of nitrogens with two attached hydrogens (primary N) is 1. The van der Waals surface area contributed by atoms with Crippen molar-refractivity contribution in [3.05, 3.63) is 77.4 Å². The van der Waals surface area contributed by atoms with Crippen LogP contribution in [0.3, 0.4) is 0 Å². The molecule has 1 atom stereocenters. The summed E-state index contributed by atoms with van der Waals surface area (Å²) in [7, 11) is 0. The quantitative estimate of drug-likeness (QED) is 0.501. The van der Waals surface area contributed by atoms with Crippen LogP contribution < -0.4 is 16.0 Å². The van der Waals surface area contributed by atoms with Crippen LogP contribution in [0.4, 0.5) is 5.69 Å². The summed E-state index contributed by atoms with van der Waals surface area (Å²) in [4.78, 5) is 27.6. The summed E-state index contributed by atoms with van der Waals surface area (Å²) in [5.41, 5.74) is 8.42. The second kappa shape index (κ2) is 9.19. The minimum absolute atomic E-state index is 0.0127. The van der Waals surface area contributed by atoms with Crippen LogP contribution >= 0.6 is 0 Å². The number of hydrogen-bond donors (Lipinski definition) is 3. The van der Waals surface area contributed by atoms with Gasteiger partial charge in [-0.1, -0.05) is 48.5 Å². The van der Waals surface area contributed by atoms with Gasteiger partial charge in [0.1, 0.15) is 5.84 Å². The maximum absolute atomic E-state index is 13.1. The van der Waals surface area contributed by atoms with Crippen LogP contribution in [-0.4, -0.2) is 24.2 Å². The number of anilines is 1. The van der Waals surface area contributed by atoms with E-state index >= 15 is 0 Å². The van der Waals surface area contributed by atoms with Crippen molar-refractivity contribution in [2.24, 2.45) is 11.7 Å². The predicted molar refractivity (Wildman–Crippen MR) is 115 cm³/mol. The Kier molecular flexibility index (Phi) is 6.44. The van der Waals surface area contributed by atoms with Gasteiger partial charge in [0.15, 0.2) is 0 Å². The molecule has 1 aliphatic carbocycles. The molecular formula is C23H26N4O2. The van der Waals surface area contributed by atoms with Crippen molar-refractivity contribution >= 4 is 23.3 Å². The highest BCUT2D eigenvalue weighted by Crippen LogP contribution is 2.29. The number of carbonyl (C=O) groups is 2. The molecular weight excluding hydrogens is 364 g/mol. The number of amides is 2. The molecule has 0 fully saturated rings. The SMILES string of the molecule is CCN(C(=O)C1=CCC[C@H]1C(=O)NCc1ccc(C(=N)N)cc1)c1ccccc1. The second-order valence-electron chi connectivity index (χ2n) is 7.00. The van der Waals surface area contributed by atoms with Gasteiger partial charge in [-0.3, -0.25) is 15.0 Å². The van der Waals surface area contributed by atoms with E-state index in [0.717, 1.165) is 17.7 Å². The van der Waals surface area contributed by atoms with E-state index in [2.05, 4.69) is 5.32 Å². The minimum Gasteiger partial charge on any atom is -0.384 e. The van der Waals surface area contributed by atoms with Gasteiger partial charge in [-0.05, 0) is 37.5 Å². The Balaban J connectivity index is 1.65. The number of nitrogen functional groups attached to an aromatic ring is 1. The van der Waals surface area contributed by atoms with E-state index in [-0.39, 0.29) is 17.6 Å². The Morgan fingerprint density at radius 3 is 2.45 bits per heavy atom. The number of rotatable bonds is 7. The number of amidine groups is 1. The fraction of sp³-hybridized carbons (Fsp3) is 0.261. The van der Waals surface area contributed by atoms with Crippen molar-refractivity contribution in [1.29, 1.82) is 5.41 Å². The molecule has 2 amide bonds. The third kappa shape index (κ3) is 4.71. The average Bonchev–Trinajstić information content (AvgIpc) is 3.23. The summed E-state index contributed by atoms with van der Waals surface area (Å²) < 4.78 is 0. The molecule has 0 saturated heterocycles. The summed E-state index contributed by atoms with van der Waals surface area (Å²) >= 11 is 0. The van der Waals surface area contributed by atoms with Crippen LogP contribution in [-0.2, 0) is 16.1 Å². The Bertz CT molecular complexity index is 920. The van der Waals surface area contributed by atoms with Gasteiger partial charge in [0.2, 0.25) is 5.91 Å². The summed E-state index contributed by atoms with van der Waals surface area (Å²) in [5.74, 6) is -0.667. The van der Waals surface area contributed by atoms with Crippen LogP contribution in [0, 0.1) is 11.3 Å². The number of likely N-dealkylation sites (N-methyl/N-ethyl adjacent to an activating group) is 1. The number of nitrogens with one attached hydrogen (secondary N) is 2. The first kappa shape index (κ1) is 20.3. The summed E-state index contributed by atoms with van der Waals surface area (Å²) in [6.07, 6.45) is 3.25. The molecule has 0 heterocycles. The number of hydrogen-bond acceptors (Lipinski definition) is 3. The monoisotopic (exact) mass is 390 g/mol. The molecule has 150 valence electrons. The largest absolute Gasteiger partial charge is 0.384 e. The van der Waals surface area contributed by atoms with E-state index < -0.39 is 5.92 Å². The molecule has 29 heavy (non-hydrogen) atoms. The topological polar surface area (TPSA) is 99.3 Å². The first-order valence-electron chi connectivity index (χ1n) is 9.79. The van der Waals surface area contributed by atoms with Gasteiger partial charge in [-0.15, -0.1) is 0 Å². The predicted octanol–water partition coefficient (Wildman–Crippen LogP) is 2.98. The minimum atomic E-state index is -0.434. The van der Waals surface area contributed by atoms with Gasteiger partial charge in [-0.25, -0.2) is 0 Å². The molecule has 2 aromatic carbocycles. The molecule has 0 aromatic heterocycles. The fourth-order valence-corrected chi connectivity index (χ4v) is 3.53. The highest BCUT2D eigenvalue weighted by atomic mass is 16.2. The van der Waals surface area contributed by atoms with E-state index in [1.54, 1.807) is 17.0 Å². The van der Waals surface area contributed by atoms with Gasteiger partial charge in [0, 0.05) is 29.9 Å². The summed E-state index contributed by atoms with van der Waals surface area (Å²) in [5, 5.41) is 10.4. The van der Waals surface area contributed by atoms with Gasteiger partial charge < -0.3 is 16.0 Å². The van der Waals surface area contributed by atoms with Gasteiger partial charge >= 0.3 is 0 Å². The van der Waals surface area contributed by atoms with Gasteiger partial charge in [0.25, 0.3) is 5.91 Å². The molecule has 6 nitrogen and oxygen atoms in total. The Labute approximate surface area is 170 Å². The zero-order chi connectivity index (χ0) is 20.8. The zero-order valence-corrected chi connectivity index (χ0v) is 16.5.